The fraction of sp³-hybridized carbons (Fsp3) is 0.435. The summed E-state index contributed by atoms with van der Waals surface area (Å²) in [6, 6.07) is 3.86. The number of benzene rings is 2. The minimum absolute atomic E-state index is 0.0504. The molecule has 0 aromatic heterocycles. The van der Waals surface area contributed by atoms with Gasteiger partial charge in [0.2, 0.25) is 0 Å². The quantitative estimate of drug-likeness (QED) is 0.675. The maximum Gasteiger partial charge on any atom is 0.306 e. The van der Waals surface area contributed by atoms with Crippen molar-refractivity contribution in [3.05, 3.63) is 45.5 Å². The predicted octanol–water partition coefficient (Wildman–Crippen LogP) is 5.07. The molecule has 2 unspecified atom stereocenters. The van der Waals surface area contributed by atoms with Gasteiger partial charge in [-0.25, -0.2) is 0 Å². The number of rotatable bonds is 2. The lowest BCUT2D eigenvalue weighted by atomic mass is 9.72. The molecule has 2 atom stereocenters. The van der Waals surface area contributed by atoms with Crippen molar-refractivity contribution < 1.29 is 24.9 Å². The van der Waals surface area contributed by atoms with Crippen LogP contribution in [0.4, 0.5) is 0 Å². The zero-order chi connectivity index (χ0) is 20.3. The van der Waals surface area contributed by atoms with E-state index in [1.165, 1.54) is 0 Å². The normalized spacial score (nSPS) is 21.1. The molecule has 5 heteroatoms. The van der Waals surface area contributed by atoms with Crippen molar-refractivity contribution in [2.45, 2.75) is 52.9 Å². The molecule has 0 amide bonds. The Balaban J connectivity index is 2.01. The molecule has 1 heterocycles. The number of carboxylic acids is 1. The molecule has 0 bridgehead atoms. The second kappa shape index (κ2) is 6.43. The molecule has 1 fully saturated rings. The zero-order valence-corrected chi connectivity index (χ0v) is 16.7. The van der Waals surface area contributed by atoms with Gasteiger partial charge in [-0.1, -0.05) is 6.42 Å². The largest absolute Gasteiger partial charge is 0.507 e. The van der Waals surface area contributed by atoms with E-state index < -0.39 is 11.9 Å². The summed E-state index contributed by atoms with van der Waals surface area (Å²) in [5.74, 6) is 0.200. The number of carbonyl (C=O) groups is 1. The molecule has 4 rings (SSSR count). The summed E-state index contributed by atoms with van der Waals surface area (Å²) < 4.78 is 6.23. The molecule has 1 aliphatic heterocycles. The van der Waals surface area contributed by atoms with Gasteiger partial charge >= 0.3 is 5.97 Å². The minimum Gasteiger partial charge on any atom is -0.507 e. The Labute approximate surface area is 164 Å². The number of aromatic hydroxyl groups is 2. The van der Waals surface area contributed by atoms with Crippen LogP contribution >= 0.6 is 0 Å². The fourth-order valence-corrected chi connectivity index (χ4v) is 5.13. The number of phenolic OH excluding ortho intramolecular Hbond substituents is 2. The maximum atomic E-state index is 11.9. The third-order valence-electron chi connectivity index (χ3n) is 6.60. The molecule has 148 valence electrons. The highest BCUT2D eigenvalue weighted by atomic mass is 16.5. The van der Waals surface area contributed by atoms with E-state index in [0.29, 0.717) is 29.0 Å². The number of aliphatic carboxylic acids is 1. The predicted molar refractivity (Wildman–Crippen MR) is 106 cm³/mol. The highest BCUT2D eigenvalue weighted by molar-refractivity contribution is 5.72. The zero-order valence-electron chi connectivity index (χ0n) is 16.7. The van der Waals surface area contributed by atoms with Gasteiger partial charge in [-0.15, -0.1) is 0 Å². The molecule has 0 radical (unpaired) electrons. The van der Waals surface area contributed by atoms with Gasteiger partial charge in [-0.3, -0.25) is 4.79 Å². The van der Waals surface area contributed by atoms with Crippen LogP contribution in [0, 0.1) is 39.5 Å². The average molecular weight is 382 g/mol. The van der Waals surface area contributed by atoms with Crippen molar-refractivity contribution in [3.63, 3.8) is 0 Å². The van der Waals surface area contributed by atoms with Crippen LogP contribution in [0.15, 0.2) is 12.1 Å². The van der Waals surface area contributed by atoms with E-state index in [9.17, 15) is 20.1 Å². The number of phenols is 2. The van der Waals surface area contributed by atoms with Crippen LogP contribution in [0.5, 0.6) is 23.0 Å². The third-order valence-corrected chi connectivity index (χ3v) is 6.60. The van der Waals surface area contributed by atoms with Crippen molar-refractivity contribution in [2.75, 3.05) is 0 Å². The molecule has 1 aliphatic carbocycles. The molecular formula is C23H26O5. The second-order valence-electron chi connectivity index (χ2n) is 8.29. The van der Waals surface area contributed by atoms with Crippen LogP contribution in [0.1, 0.15) is 58.6 Å². The van der Waals surface area contributed by atoms with Gasteiger partial charge < -0.3 is 20.1 Å². The summed E-state index contributed by atoms with van der Waals surface area (Å²) in [5.41, 5.74) is 4.67. The highest BCUT2D eigenvalue weighted by Crippen LogP contribution is 2.57. The Bertz CT molecular complexity index is 928. The van der Waals surface area contributed by atoms with Gasteiger partial charge in [0.25, 0.3) is 0 Å². The first-order chi connectivity index (χ1) is 13.2. The number of ether oxygens (including phenoxy) is 1. The number of hydrogen-bond acceptors (Lipinski definition) is 4. The first-order valence-corrected chi connectivity index (χ1v) is 9.79. The lowest BCUT2D eigenvalue weighted by Gasteiger charge is -2.36. The summed E-state index contributed by atoms with van der Waals surface area (Å²) in [6.07, 6.45) is 2.39. The Hall–Kier alpha value is -2.69. The van der Waals surface area contributed by atoms with Crippen LogP contribution in [-0.4, -0.2) is 21.3 Å². The van der Waals surface area contributed by atoms with Crippen molar-refractivity contribution in [1.82, 2.24) is 0 Å². The molecule has 28 heavy (non-hydrogen) atoms. The minimum atomic E-state index is -0.753. The second-order valence-corrected chi connectivity index (χ2v) is 8.29. The number of hydrogen-bond donors (Lipinski definition) is 3. The van der Waals surface area contributed by atoms with Gasteiger partial charge in [0.1, 0.15) is 23.0 Å². The third kappa shape index (κ3) is 2.56. The molecule has 0 saturated heterocycles. The van der Waals surface area contributed by atoms with Crippen LogP contribution in [0.25, 0.3) is 0 Å². The Kier molecular flexibility index (Phi) is 4.29. The topological polar surface area (TPSA) is 87.0 Å². The summed E-state index contributed by atoms with van der Waals surface area (Å²) in [7, 11) is 0. The van der Waals surface area contributed by atoms with Gasteiger partial charge in [0.15, 0.2) is 0 Å². The van der Waals surface area contributed by atoms with Crippen LogP contribution in [-0.2, 0) is 4.79 Å². The molecule has 1 saturated carbocycles. The summed E-state index contributed by atoms with van der Waals surface area (Å²) in [4.78, 5) is 11.9. The van der Waals surface area contributed by atoms with Gasteiger partial charge in [0, 0.05) is 28.2 Å². The summed E-state index contributed by atoms with van der Waals surface area (Å²) >= 11 is 0. The molecule has 2 aromatic carbocycles. The van der Waals surface area contributed by atoms with Crippen LogP contribution in [0.2, 0.25) is 0 Å². The van der Waals surface area contributed by atoms with Gasteiger partial charge in [-0.2, -0.15) is 0 Å². The Morgan fingerprint density at radius 2 is 1.43 bits per heavy atom. The smallest absolute Gasteiger partial charge is 0.306 e. The summed E-state index contributed by atoms with van der Waals surface area (Å²) in [5, 5.41) is 30.7. The first kappa shape index (κ1) is 18.7. The van der Waals surface area contributed by atoms with E-state index in [4.69, 9.17) is 4.74 Å². The van der Waals surface area contributed by atoms with Crippen LogP contribution in [0.3, 0.4) is 0 Å². The van der Waals surface area contributed by atoms with E-state index >= 15 is 0 Å². The van der Waals surface area contributed by atoms with E-state index in [0.717, 1.165) is 35.1 Å². The van der Waals surface area contributed by atoms with E-state index in [-0.39, 0.29) is 23.3 Å². The first-order valence-electron chi connectivity index (χ1n) is 9.79. The monoisotopic (exact) mass is 382 g/mol. The van der Waals surface area contributed by atoms with Gasteiger partial charge in [-0.05, 0) is 69.7 Å². The Morgan fingerprint density at radius 3 is 1.89 bits per heavy atom. The van der Waals surface area contributed by atoms with Crippen LogP contribution < -0.4 is 4.74 Å². The van der Waals surface area contributed by atoms with E-state index in [2.05, 4.69) is 0 Å². The van der Waals surface area contributed by atoms with Crippen molar-refractivity contribution in [1.29, 1.82) is 0 Å². The molecule has 3 N–H and O–H groups in total. The lowest BCUT2D eigenvalue weighted by molar-refractivity contribution is -0.143. The molecule has 2 aliphatic rings. The number of carboxylic acid groups (broad SMARTS) is 1. The van der Waals surface area contributed by atoms with Crippen molar-refractivity contribution in [3.8, 4) is 23.0 Å². The number of aryl methyl sites for hydroxylation is 2. The van der Waals surface area contributed by atoms with Crippen molar-refractivity contribution >= 4 is 5.97 Å². The molecule has 0 spiro atoms. The van der Waals surface area contributed by atoms with Crippen molar-refractivity contribution in [2.24, 2.45) is 11.8 Å². The van der Waals surface area contributed by atoms with E-state index in [1.54, 1.807) is 0 Å². The fourth-order valence-electron chi connectivity index (χ4n) is 5.13. The maximum absolute atomic E-state index is 11.9. The number of fused-ring (bicyclic) bond motifs is 2. The standard InChI is InChI=1S/C23H26O5/c1-10-8-16-18(14-6-5-7-15(14)23(26)27)17-9-11(2)20(25)13(4)22(17)28-21(16)12(3)19(10)24/h8-9,14-15,18,24-25H,5-7H2,1-4H3,(H,26,27). The lowest BCUT2D eigenvalue weighted by Crippen LogP contribution is -2.27. The van der Waals surface area contributed by atoms with E-state index in [1.807, 2.05) is 39.8 Å². The molecule has 5 nitrogen and oxygen atoms in total. The summed E-state index contributed by atoms with van der Waals surface area (Å²) in [6.45, 7) is 7.34. The molecule has 2 aromatic rings. The Morgan fingerprint density at radius 1 is 0.929 bits per heavy atom. The average Bonchev–Trinajstić information content (AvgIpc) is 3.13. The SMILES string of the molecule is Cc1cc2c(c(C)c1O)Oc1c(cc(C)c(O)c1C)C2C1CCCC1C(=O)O. The van der Waals surface area contributed by atoms with Gasteiger partial charge in [0.05, 0.1) is 5.92 Å². The molecular weight excluding hydrogens is 356 g/mol. The highest BCUT2D eigenvalue weighted by Gasteiger charge is 2.44.